The minimum Gasteiger partial charge on any atom is -0.338 e. The van der Waals surface area contributed by atoms with Crippen molar-refractivity contribution in [1.82, 2.24) is 24.9 Å². The number of nitrogens with zero attached hydrogens (tertiary/aromatic N) is 5. The molecular formula is C23H35N5O. The van der Waals surface area contributed by atoms with Crippen LogP contribution in [-0.2, 0) is 19.5 Å². The Bertz CT molecular complexity index is 728. The minimum atomic E-state index is 0.705. The van der Waals surface area contributed by atoms with E-state index in [2.05, 4.69) is 37.9 Å². The normalized spacial score (nSPS) is 21.7. The predicted molar refractivity (Wildman–Crippen MR) is 113 cm³/mol. The fraction of sp³-hybridized carbons (Fsp3) is 0.696. The average molecular weight is 398 g/mol. The van der Waals surface area contributed by atoms with Gasteiger partial charge in [0.25, 0.3) is 0 Å². The van der Waals surface area contributed by atoms with Crippen LogP contribution in [0.3, 0.4) is 0 Å². The highest BCUT2D eigenvalue weighted by molar-refractivity contribution is 5.08. The number of hydrogen-bond acceptors (Lipinski definition) is 6. The van der Waals surface area contributed by atoms with Crippen LogP contribution in [0.25, 0.3) is 0 Å². The molecule has 158 valence electrons. The first-order valence-corrected chi connectivity index (χ1v) is 11.5. The molecule has 0 aromatic carbocycles. The van der Waals surface area contributed by atoms with Crippen molar-refractivity contribution in [2.24, 2.45) is 5.92 Å². The van der Waals surface area contributed by atoms with Crippen molar-refractivity contribution in [3.63, 3.8) is 0 Å². The van der Waals surface area contributed by atoms with Gasteiger partial charge in [0.2, 0.25) is 5.89 Å². The van der Waals surface area contributed by atoms with Gasteiger partial charge < -0.3 is 9.42 Å². The van der Waals surface area contributed by atoms with Crippen molar-refractivity contribution in [3.8, 4) is 0 Å². The van der Waals surface area contributed by atoms with Gasteiger partial charge in [0.15, 0.2) is 5.82 Å². The van der Waals surface area contributed by atoms with E-state index in [1.54, 1.807) is 0 Å². The van der Waals surface area contributed by atoms with E-state index >= 15 is 0 Å². The van der Waals surface area contributed by atoms with E-state index in [9.17, 15) is 0 Å². The van der Waals surface area contributed by atoms with Crippen LogP contribution in [0.4, 0.5) is 0 Å². The molecule has 1 aliphatic carbocycles. The number of likely N-dealkylation sites (tertiary alicyclic amines) is 1. The predicted octanol–water partition coefficient (Wildman–Crippen LogP) is 4.07. The molecule has 1 saturated carbocycles. The summed E-state index contributed by atoms with van der Waals surface area (Å²) in [6, 6.07) is 4.99. The molecule has 1 unspecified atom stereocenters. The zero-order chi connectivity index (χ0) is 19.9. The summed E-state index contributed by atoms with van der Waals surface area (Å²) in [7, 11) is 0. The van der Waals surface area contributed by atoms with E-state index in [4.69, 9.17) is 4.52 Å². The Balaban J connectivity index is 1.40. The van der Waals surface area contributed by atoms with Crippen LogP contribution >= 0.6 is 0 Å². The van der Waals surface area contributed by atoms with Gasteiger partial charge in [-0.3, -0.25) is 9.88 Å². The number of aryl methyl sites for hydroxylation is 1. The van der Waals surface area contributed by atoms with E-state index in [-0.39, 0.29) is 0 Å². The topological polar surface area (TPSA) is 58.3 Å². The largest absolute Gasteiger partial charge is 0.338 e. The Kier molecular flexibility index (Phi) is 7.28. The molecule has 1 atom stereocenters. The number of aromatic nitrogens is 3. The minimum absolute atomic E-state index is 0.705. The molecule has 2 aromatic heterocycles. The molecule has 4 rings (SSSR count). The average Bonchev–Trinajstić information content (AvgIpc) is 3.23. The molecule has 6 heteroatoms. The Morgan fingerprint density at radius 2 is 2.03 bits per heavy atom. The maximum atomic E-state index is 5.50. The third kappa shape index (κ3) is 5.86. The van der Waals surface area contributed by atoms with Gasteiger partial charge in [-0.1, -0.05) is 37.4 Å². The van der Waals surface area contributed by atoms with Crippen LogP contribution in [-0.4, -0.2) is 50.6 Å². The smallest absolute Gasteiger partial charge is 0.240 e. The van der Waals surface area contributed by atoms with Gasteiger partial charge in [-0.25, -0.2) is 0 Å². The van der Waals surface area contributed by atoms with Crippen molar-refractivity contribution in [3.05, 3.63) is 41.8 Å². The molecule has 0 spiro atoms. The first kappa shape index (κ1) is 20.5. The Labute approximate surface area is 174 Å². The van der Waals surface area contributed by atoms with E-state index in [0.29, 0.717) is 12.5 Å². The molecule has 0 radical (unpaired) electrons. The molecule has 3 heterocycles. The van der Waals surface area contributed by atoms with Gasteiger partial charge >= 0.3 is 0 Å². The highest BCUT2D eigenvalue weighted by Crippen LogP contribution is 2.28. The van der Waals surface area contributed by atoms with Gasteiger partial charge in [-0.2, -0.15) is 4.98 Å². The van der Waals surface area contributed by atoms with E-state index < -0.39 is 0 Å². The second kappa shape index (κ2) is 10.3. The Morgan fingerprint density at radius 3 is 2.79 bits per heavy atom. The molecule has 2 fully saturated rings. The van der Waals surface area contributed by atoms with Crippen molar-refractivity contribution in [2.75, 3.05) is 19.6 Å². The lowest BCUT2D eigenvalue weighted by molar-refractivity contribution is 0.0745. The number of pyridine rings is 1. The standard InChI is InChI=1S/C23H35N5O/c1-2-22-25-23(29-26-22)18-27(15-19-8-6-12-24-14-19)16-20-9-7-13-28(17-20)21-10-4-3-5-11-21/h6,8,12,14,20-21H,2-5,7,9-11,13,15-18H2,1H3. The molecule has 0 bridgehead atoms. The molecular weight excluding hydrogens is 362 g/mol. The Morgan fingerprint density at radius 1 is 1.14 bits per heavy atom. The zero-order valence-corrected chi connectivity index (χ0v) is 17.8. The summed E-state index contributed by atoms with van der Waals surface area (Å²) in [6.07, 6.45) is 14.3. The monoisotopic (exact) mass is 397 g/mol. The molecule has 1 saturated heterocycles. The molecule has 2 aliphatic rings. The zero-order valence-electron chi connectivity index (χ0n) is 17.8. The van der Waals surface area contributed by atoms with Crippen LogP contribution in [0.5, 0.6) is 0 Å². The van der Waals surface area contributed by atoms with Crippen molar-refractivity contribution >= 4 is 0 Å². The second-order valence-electron chi connectivity index (χ2n) is 8.78. The summed E-state index contributed by atoms with van der Waals surface area (Å²) in [5.41, 5.74) is 1.24. The molecule has 1 aliphatic heterocycles. The lowest BCUT2D eigenvalue weighted by Gasteiger charge is -2.41. The lowest BCUT2D eigenvalue weighted by atomic mass is 9.90. The quantitative estimate of drug-likeness (QED) is 0.669. The fourth-order valence-corrected chi connectivity index (χ4v) is 5.01. The van der Waals surface area contributed by atoms with Gasteiger partial charge in [0.05, 0.1) is 6.54 Å². The molecule has 6 nitrogen and oxygen atoms in total. The van der Waals surface area contributed by atoms with Crippen LogP contribution in [0.15, 0.2) is 29.0 Å². The summed E-state index contributed by atoms with van der Waals surface area (Å²) in [5.74, 6) is 2.23. The molecule has 2 aromatic rings. The van der Waals surface area contributed by atoms with E-state index in [1.807, 2.05) is 18.5 Å². The van der Waals surface area contributed by atoms with Crippen LogP contribution in [0, 0.1) is 5.92 Å². The highest BCUT2D eigenvalue weighted by atomic mass is 16.5. The maximum Gasteiger partial charge on any atom is 0.240 e. The second-order valence-corrected chi connectivity index (χ2v) is 8.78. The third-order valence-electron chi connectivity index (χ3n) is 6.47. The van der Waals surface area contributed by atoms with Crippen LogP contribution in [0.1, 0.15) is 69.1 Å². The summed E-state index contributed by atoms with van der Waals surface area (Å²) < 4.78 is 5.50. The summed E-state index contributed by atoms with van der Waals surface area (Å²) >= 11 is 0. The van der Waals surface area contributed by atoms with Gasteiger partial charge in [-0.05, 0) is 49.8 Å². The summed E-state index contributed by atoms with van der Waals surface area (Å²) in [5, 5.41) is 4.08. The van der Waals surface area contributed by atoms with E-state index in [0.717, 1.165) is 37.3 Å². The highest BCUT2D eigenvalue weighted by Gasteiger charge is 2.28. The number of piperidine rings is 1. The van der Waals surface area contributed by atoms with Crippen LogP contribution in [0.2, 0.25) is 0 Å². The summed E-state index contributed by atoms with van der Waals surface area (Å²) in [4.78, 5) is 14.1. The molecule has 0 amide bonds. The van der Waals surface area contributed by atoms with Crippen molar-refractivity contribution < 1.29 is 4.52 Å². The molecule has 0 N–H and O–H groups in total. The third-order valence-corrected chi connectivity index (χ3v) is 6.47. The number of rotatable bonds is 8. The first-order chi connectivity index (χ1) is 14.3. The first-order valence-electron chi connectivity index (χ1n) is 11.5. The summed E-state index contributed by atoms with van der Waals surface area (Å²) in [6.45, 7) is 7.23. The van der Waals surface area contributed by atoms with Gasteiger partial charge in [0, 0.05) is 44.5 Å². The number of hydrogen-bond donors (Lipinski definition) is 0. The van der Waals surface area contributed by atoms with Crippen LogP contribution < -0.4 is 0 Å². The van der Waals surface area contributed by atoms with Gasteiger partial charge in [0.1, 0.15) is 0 Å². The molecule has 29 heavy (non-hydrogen) atoms. The maximum absolute atomic E-state index is 5.50. The fourth-order valence-electron chi connectivity index (χ4n) is 5.01. The van der Waals surface area contributed by atoms with Gasteiger partial charge in [-0.15, -0.1) is 0 Å². The van der Waals surface area contributed by atoms with E-state index in [1.165, 1.54) is 63.6 Å². The SMILES string of the molecule is CCc1noc(CN(Cc2cccnc2)CC2CCCN(C3CCCCC3)C2)n1. The lowest BCUT2D eigenvalue weighted by Crippen LogP contribution is -2.46. The van der Waals surface area contributed by atoms with Crippen molar-refractivity contribution in [2.45, 2.75) is 77.4 Å². The van der Waals surface area contributed by atoms with Crippen molar-refractivity contribution in [1.29, 1.82) is 0 Å². The Hall–Kier alpha value is -1.79.